The van der Waals surface area contributed by atoms with Crippen molar-refractivity contribution in [3.63, 3.8) is 0 Å². The molecule has 2 atom stereocenters. The number of urea groups is 1. The predicted molar refractivity (Wildman–Crippen MR) is 57.4 cm³/mol. The van der Waals surface area contributed by atoms with Gasteiger partial charge in [0.2, 0.25) is 5.91 Å². The molecule has 0 aromatic heterocycles. The van der Waals surface area contributed by atoms with Gasteiger partial charge < -0.3 is 10.6 Å². The van der Waals surface area contributed by atoms with Crippen LogP contribution in [0.5, 0.6) is 0 Å². The molecule has 0 aromatic rings. The maximum Gasteiger partial charge on any atom is 0.328 e. The van der Waals surface area contributed by atoms with Crippen molar-refractivity contribution in [2.24, 2.45) is 5.73 Å². The van der Waals surface area contributed by atoms with Crippen LogP contribution in [0.4, 0.5) is 4.79 Å². The number of nitrogens with one attached hydrogen (secondary N) is 1. The minimum absolute atomic E-state index is 0.343. The van der Waals surface area contributed by atoms with Gasteiger partial charge in [-0.2, -0.15) is 0 Å². The molecule has 0 bridgehead atoms. The van der Waals surface area contributed by atoms with E-state index in [1.807, 2.05) is 0 Å². The molecule has 2 aliphatic rings. The third-order valence-electron chi connectivity index (χ3n) is 3.11. The molecule has 2 heterocycles. The fraction of sp³-hybridized carbons (Fsp3) is 0.667. The van der Waals surface area contributed by atoms with E-state index in [2.05, 4.69) is 5.32 Å². The van der Waals surface area contributed by atoms with Gasteiger partial charge in [0.05, 0.1) is 6.67 Å². The van der Waals surface area contributed by atoms with E-state index in [1.165, 1.54) is 4.90 Å². The first-order valence-electron chi connectivity index (χ1n) is 5.23. The molecule has 0 spiro atoms. The molecule has 94 valence electrons. The van der Waals surface area contributed by atoms with E-state index in [0.717, 1.165) is 4.90 Å². The highest BCUT2D eigenvalue weighted by molar-refractivity contribution is 6.03. The average Bonchev–Trinajstić information content (AvgIpc) is 2.63. The van der Waals surface area contributed by atoms with Crippen LogP contribution < -0.4 is 11.1 Å². The second kappa shape index (κ2) is 3.97. The summed E-state index contributed by atoms with van der Waals surface area (Å²) in [5.74, 6) is -1.09. The second-order valence-corrected chi connectivity index (χ2v) is 4.29. The molecule has 2 aliphatic heterocycles. The first kappa shape index (κ1) is 11.8. The standard InChI is InChI=1S/C9H15N5O3/c1-12-4-11-7-6(12)8(16)14(3-5(10)15)9(17)13(7)2/h6-7,11H,3-4H2,1-2H3,(H2,10,15). The van der Waals surface area contributed by atoms with E-state index in [0.29, 0.717) is 6.67 Å². The average molecular weight is 241 g/mol. The Labute approximate surface area is 98.3 Å². The molecule has 2 fully saturated rings. The Hall–Kier alpha value is -1.67. The minimum Gasteiger partial charge on any atom is -0.368 e. The van der Waals surface area contributed by atoms with Gasteiger partial charge in [-0.1, -0.05) is 0 Å². The summed E-state index contributed by atoms with van der Waals surface area (Å²) in [6.07, 6.45) is -0.343. The van der Waals surface area contributed by atoms with Gasteiger partial charge >= 0.3 is 6.03 Å². The smallest absolute Gasteiger partial charge is 0.328 e. The van der Waals surface area contributed by atoms with Crippen molar-refractivity contribution in [3.05, 3.63) is 0 Å². The van der Waals surface area contributed by atoms with Crippen LogP contribution >= 0.6 is 0 Å². The number of carbonyl (C=O) groups excluding carboxylic acids is 3. The fourth-order valence-corrected chi connectivity index (χ4v) is 2.23. The molecule has 8 nitrogen and oxygen atoms in total. The lowest BCUT2D eigenvalue weighted by Gasteiger charge is -2.40. The zero-order valence-electron chi connectivity index (χ0n) is 9.71. The molecule has 0 aromatic carbocycles. The molecule has 2 rings (SSSR count). The second-order valence-electron chi connectivity index (χ2n) is 4.29. The van der Waals surface area contributed by atoms with Crippen molar-refractivity contribution in [2.75, 3.05) is 27.3 Å². The molecule has 4 amide bonds. The highest BCUT2D eigenvalue weighted by atomic mass is 16.2. The van der Waals surface area contributed by atoms with Crippen LogP contribution in [0.2, 0.25) is 0 Å². The van der Waals surface area contributed by atoms with E-state index >= 15 is 0 Å². The summed E-state index contributed by atoms with van der Waals surface area (Å²) in [7, 11) is 3.37. The number of hydrogen-bond acceptors (Lipinski definition) is 5. The normalized spacial score (nSPS) is 29.8. The van der Waals surface area contributed by atoms with E-state index in [-0.39, 0.29) is 18.6 Å². The number of amides is 4. The first-order valence-corrected chi connectivity index (χ1v) is 5.23. The van der Waals surface area contributed by atoms with Gasteiger partial charge in [0, 0.05) is 7.05 Å². The maximum atomic E-state index is 12.1. The molecule has 0 radical (unpaired) electrons. The number of carbonyl (C=O) groups is 3. The molecule has 2 unspecified atom stereocenters. The quantitative estimate of drug-likeness (QED) is 0.559. The number of primary amides is 1. The monoisotopic (exact) mass is 241 g/mol. The number of fused-ring (bicyclic) bond motifs is 1. The van der Waals surface area contributed by atoms with Crippen molar-refractivity contribution in [2.45, 2.75) is 12.2 Å². The predicted octanol–water partition coefficient (Wildman–Crippen LogP) is -2.45. The van der Waals surface area contributed by atoms with Crippen LogP contribution in [0.1, 0.15) is 0 Å². The van der Waals surface area contributed by atoms with Gasteiger partial charge in [-0.05, 0) is 7.05 Å². The largest absolute Gasteiger partial charge is 0.368 e. The number of nitrogens with zero attached hydrogens (tertiary/aromatic N) is 3. The van der Waals surface area contributed by atoms with Crippen molar-refractivity contribution < 1.29 is 14.4 Å². The molecular weight excluding hydrogens is 226 g/mol. The minimum atomic E-state index is -0.702. The van der Waals surface area contributed by atoms with Crippen LogP contribution in [-0.4, -0.2) is 72.1 Å². The summed E-state index contributed by atoms with van der Waals surface area (Å²) in [4.78, 5) is 39.0. The van der Waals surface area contributed by atoms with E-state index in [9.17, 15) is 14.4 Å². The lowest BCUT2D eigenvalue weighted by molar-refractivity contribution is -0.140. The highest BCUT2D eigenvalue weighted by Gasteiger charge is 2.49. The van der Waals surface area contributed by atoms with Gasteiger partial charge in [-0.15, -0.1) is 0 Å². The van der Waals surface area contributed by atoms with Crippen LogP contribution in [0.25, 0.3) is 0 Å². The van der Waals surface area contributed by atoms with Crippen molar-refractivity contribution in [3.8, 4) is 0 Å². The lowest BCUT2D eigenvalue weighted by Crippen LogP contribution is -2.66. The van der Waals surface area contributed by atoms with Gasteiger partial charge in [0.15, 0.2) is 0 Å². The van der Waals surface area contributed by atoms with E-state index in [1.54, 1.807) is 19.0 Å². The molecule has 0 aliphatic carbocycles. The number of hydrogen-bond donors (Lipinski definition) is 2. The SMILES string of the molecule is CN1CNC2C1C(=O)N(CC(N)=O)C(=O)N2C. The Morgan fingerprint density at radius 1 is 1.47 bits per heavy atom. The number of imide groups is 1. The summed E-state index contributed by atoms with van der Waals surface area (Å²) < 4.78 is 0. The third-order valence-corrected chi connectivity index (χ3v) is 3.11. The van der Waals surface area contributed by atoms with Crippen molar-refractivity contribution >= 4 is 17.8 Å². The van der Waals surface area contributed by atoms with Crippen LogP contribution in [0, 0.1) is 0 Å². The van der Waals surface area contributed by atoms with E-state index < -0.39 is 18.0 Å². The summed E-state index contributed by atoms with van der Waals surface area (Å²) >= 11 is 0. The van der Waals surface area contributed by atoms with Crippen LogP contribution in [0.3, 0.4) is 0 Å². The molecule has 3 N–H and O–H groups in total. The zero-order valence-corrected chi connectivity index (χ0v) is 9.71. The fourth-order valence-electron chi connectivity index (χ4n) is 2.23. The summed E-state index contributed by atoms with van der Waals surface area (Å²) in [6, 6.07) is -0.963. The Kier molecular flexibility index (Phi) is 2.76. The van der Waals surface area contributed by atoms with Gasteiger partial charge in [0.1, 0.15) is 18.8 Å². The summed E-state index contributed by atoms with van der Waals surface area (Å²) in [5, 5.41) is 3.06. The zero-order chi connectivity index (χ0) is 12.7. The molecule has 2 saturated heterocycles. The van der Waals surface area contributed by atoms with Gasteiger partial charge in [0.25, 0.3) is 5.91 Å². The van der Waals surface area contributed by atoms with Gasteiger partial charge in [-0.3, -0.25) is 24.7 Å². The summed E-state index contributed by atoms with van der Waals surface area (Å²) in [6.45, 7) is 0.141. The number of rotatable bonds is 2. The Morgan fingerprint density at radius 2 is 2.12 bits per heavy atom. The topological polar surface area (TPSA) is 99.0 Å². The van der Waals surface area contributed by atoms with Crippen molar-refractivity contribution in [1.82, 2.24) is 20.0 Å². The molecule has 17 heavy (non-hydrogen) atoms. The molecule has 0 saturated carbocycles. The Balaban J connectivity index is 2.27. The third kappa shape index (κ3) is 1.75. The van der Waals surface area contributed by atoms with Gasteiger partial charge in [-0.25, -0.2) is 4.79 Å². The number of likely N-dealkylation sites (N-methyl/N-ethyl adjacent to an activating group) is 2. The highest BCUT2D eigenvalue weighted by Crippen LogP contribution is 2.21. The van der Waals surface area contributed by atoms with Crippen LogP contribution in [0.15, 0.2) is 0 Å². The van der Waals surface area contributed by atoms with Crippen LogP contribution in [-0.2, 0) is 9.59 Å². The first-order chi connectivity index (χ1) is 7.93. The van der Waals surface area contributed by atoms with Crippen molar-refractivity contribution in [1.29, 1.82) is 0 Å². The Morgan fingerprint density at radius 3 is 2.71 bits per heavy atom. The number of nitrogens with two attached hydrogens (primary N) is 1. The lowest BCUT2D eigenvalue weighted by atomic mass is 10.1. The maximum absolute atomic E-state index is 12.1. The molecular formula is C9H15N5O3. The van der Waals surface area contributed by atoms with E-state index in [4.69, 9.17) is 5.73 Å². The Bertz CT molecular complexity index is 385. The summed E-state index contributed by atoms with van der Waals surface area (Å²) in [5.41, 5.74) is 5.03. The molecule has 8 heteroatoms.